The highest BCUT2D eigenvalue weighted by Crippen LogP contribution is 2.54. The second-order valence-corrected chi connectivity index (χ2v) is 23.2. The van der Waals surface area contributed by atoms with Gasteiger partial charge in [0.15, 0.2) is 0 Å². The molecular formula is C48H59N9O7S2. The van der Waals surface area contributed by atoms with Gasteiger partial charge >= 0.3 is 5.69 Å². The third kappa shape index (κ3) is 9.91. The summed E-state index contributed by atoms with van der Waals surface area (Å²) in [6.07, 6.45) is 18.6. The maximum Gasteiger partial charge on any atom is 0.312 e. The summed E-state index contributed by atoms with van der Waals surface area (Å²) in [6, 6.07) is 19.7. The molecule has 0 bridgehead atoms. The van der Waals surface area contributed by atoms with Crippen molar-refractivity contribution in [2.24, 2.45) is 15.7 Å². The number of nitrogens with one attached hydrogen (secondary N) is 3. The number of aryl methyl sites for hydroxylation is 1. The number of nitrogens with zero attached hydrogens (tertiary/aromatic N) is 6. The van der Waals surface area contributed by atoms with Gasteiger partial charge in [0.25, 0.3) is 15.9 Å². The number of piperidine rings is 1. The first-order valence-electron chi connectivity index (χ1n) is 23.1. The second-order valence-electron chi connectivity index (χ2n) is 18.9. The number of ether oxygens (including phenoxy) is 1. The second kappa shape index (κ2) is 18.6. The van der Waals surface area contributed by atoms with Crippen LogP contribution in [-0.2, 0) is 26.2 Å². The van der Waals surface area contributed by atoms with Crippen LogP contribution < -0.4 is 19.7 Å². The van der Waals surface area contributed by atoms with Crippen LogP contribution in [0.15, 0.2) is 88.5 Å². The van der Waals surface area contributed by atoms with Gasteiger partial charge in [-0.25, -0.2) is 27.5 Å². The van der Waals surface area contributed by atoms with Crippen LogP contribution in [-0.4, -0.2) is 94.1 Å². The number of pyridine rings is 2. The Morgan fingerprint density at radius 2 is 1.74 bits per heavy atom. The van der Waals surface area contributed by atoms with Crippen molar-refractivity contribution in [3.05, 3.63) is 106 Å². The number of hydrogen-bond acceptors (Lipinski definition) is 13. The number of H-pyrrole nitrogens is 1. The molecule has 5 aromatic rings. The van der Waals surface area contributed by atoms with Gasteiger partial charge in [-0.05, 0) is 124 Å². The zero-order valence-electron chi connectivity index (χ0n) is 37.8. The van der Waals surface area contributed by atoms with Crippen molar-refractivity contribution >= 4 is 53.9 Å². The lowest BCUT2D eigenvalue weighted by Gasteiger charge is -2.56. The van der Waals surface area contributed by atoms with Gasteiger partial charge < -0.3 is 19.9 Å². The Hall–Kier alpha value is -5.59. The van der Waals surface area contributed by atoms with Crippen molar-refractivity contribution in [1.29, 1.82) is 0 Å². The standard InChI is InChI=1S/C48H59N9O7S2/c1-4-33-8-5-6-9-40(33)42-10-7-21-56(42)37-27-48(28-37)18-22-55(23-19-48)36-15-16-41(44(25-36)64-38-24-34-17-20-49-45(34)51-30-38)47(58)54-66(62,63)39-26-43(57(59)60)46(52-31-39)50-29-32-11-13-35(14-12-32)53-65(2,3)61/h5-6,8-9,15-17,20,24-26,30-32,35,37,42H,4,7,10-14,18-19,21-23,27-29H2,1-3H3,(H,49,51)(H,50,52)(H,54,58)/t32?,35?,42-/m1/s1. The lowest BCUT2D eigenvalue weighted by Crippen LogP contribution is -2.54. The predicted octanol–water partition coefficient (Wildman–Crippen LogP) is 8.62. The van der Waals surface area contributed by atoms with Gasteiger partial charge in [0, 0.05) is 83.4 Å². The van der Waals surface area contributed by atoms with Crippen LogP contribution >= 0.6 is 0 Å². The Balaban J connectivity index is 0.882. The van der Waals surface area contributed by atoms with Crippen molar-refractivity contribution in [2.75, 3.05) is 48.9 Å². The molecule has 1 amide bonds. The number of anilines is 2. The minimum atomic E-state index is -4.64. The summed E-state index contributed by atoms with van der Waals surface area (Å²) in [6.45, 7) is 5.45. The minimum Gasteiger partial charge on any atom is -0.455 e. The largest absolute Gasteiger partial charge is 0.455 e. The number of likely N-dealkylation sites (tertiary alicyclic amines) is 1. The first-order chi connectivity index (χ1) is 31.7. The lowest BCUT2D eigenvalue weighted by molar-refractivity contribution is -0.384. The molecule has 2 saturated heterocycles. The monoisotopic (exact) mass is 937 g/mol. The van der Waals surface area contributed by atoms with E-state index in [1.807, 2.05) is 12.1 Å². The van der Waals surface area contributed by atoms with E-state index in [0.29, 0.717) is 35.4 Å². The number of aromatic nitrogens is 3. The molecule has 2 aromatic carbocycles. The number of nitro groups is 1. The van der Waals surface area contributed by atoms with E-state index in [2.05, 4.69) is 70.3 Å². The molecule has 9 rings (SSSR count). The molecule has 2 saturated carbocycles. The van der Waals surface area contributed by atoms with Crippen molar-refractivity contribution in [2.45, 2.75) is 101 Å². The first kappa shape index (κ1) is 45.6. The van der Waals surface area contributed by atoms with Gasteiger partial charge in [-0.15, -0.1) is 0 Å². The van der Waals surface area contributed by atoms with E-state index in [-0.39, 0.29) is 29.1 Å². The van der Waals surface area contributed by atoms with Crippen LogP contribution in [0.5, 0.6) is 11.5 Å². The number of amides is 1. The predicted molar refractivity (Wildman–Crippen MR) is 256 cm³/mol. The average Bonchev–Trinajstić information content (AvgIpc) is 3.97. The number of benzene rings is 2. The number of hydrogen-bond donors (Lipinski definition) is 3. The number of aromatic amines is 1. The normalized spacial score (nSPS) is 21.4. The number of rotatable bonds is 14. The number of carbonyl (C=O) groups excluding carboxylic acids is 1. The highest BCUT2D eigenvalue weighted by Gasteiger charge is 2.50. The molecule has 5 heterocycles. The summed E-state index contributed by atoms with van der Waals surface area (Å²) in [5.74, 6) is -0.372. The SMILES string of the molecule is CCc1ccccc1[C@H]1CCCN1C1CC2(CCN(c3ccc(C(=O)NS(=O)(=O)c4cnc(NCC5CCC(N=S(C)(C)=O)CC5)c([N+](=O)[O-])c4)c(Oc4cnc5[nH]ccc5c4)c3)CC2)C1. The first-order valence-corrected chi connectivity index (χ1v) is 26.9. The van der Waals surface area contributed by atoms with Crippen LogP contribution in [0.3, 0.4) is 0 Å². The smallest absolute Gasteiger partial charge is 0.312 e. The summed E-state index contributed by atoms with van der Waals surface area (Å²) < 4.78 is 52.5. The summed E-state index contributed by atoms with van der Waals surface area (Å²) in [7, 11) is -6.84. The van der Waals surface area contributed by atoms with Gasteiger partial charge in [0.1, 0.15) is 22.0 Å². The zero-order valence-corrected chi connectivity index (χ0v) is 39.4. The van der Waals surface area contributed by atoms with Gasteiger partial charge in [-0.3, -0.25) is 24.0 Å². The topological polar surface area (TPSA) is 205 Å². The number of sulfonamides is 1. The highest BCUT2D eigenvalue weighted by molar-refractivity contribution is 7.92. The molecule has 0 radical (unpaired) electrons. The Bertz CT molecular complexity index is 2850. The van der Waals surface area contributed by atoms with E-state index < -0.39 is 41.2 Å². The molecule has 2 aliphatic carbocycles. The van der Waals surface area contributed by atoms with Crippen LogP contribution in [0.1, 0.15) is 98.7 Å². The van der Waals surface area contributed by atoms with Crippen molar-refractivity contribution < 1.29 is 27.1 Å². The molecular weight excluding hydrogens is 879 g/mol. The Morgan fingerprint density at radius 3 is 2.48 bits per heavy atom. The molecule has 16 nitrogen and oxygen atoms in total. The summed E-state index contributed by atoms with van der Waals surface area (Å²) >= 11 is 0. The molecule has 2 aliphatic heterocycles. The summed E-state index contributed by atoms with van der Waals surface area (Å²) in [5, 5.41) is 16.0. The Morgan fingerprint density at radius 1 is 0.970 bits per heavy atom. The number of carbonyl (C=O) groups is 1. The van der Waals surface area contributed by atoms with E-state index in [0.717, 1.165) is 87.9 Å². The molecule has 4 aliphatic rings. The molecule has 1 spiro atoms. The maximum atomic E-state index is 14.0. The quantitative estimate of drug-likeness (QED) is 0.0707. The maximum absolute atomic E-state index is 14.0. The van der Waals surface area contributed by atoms with E-state index in [1.165, 1.54) is 43.0 Å². The third-order valence-electron chi connectivity index (χ3n) is 14.3. The summed E-state index contributed by atoms with van der Waals surface area (Å²) in [5.41, 5.74) is 4.18. The van der Waals surface area contributed by atoms with E-state index in [4.69, 9.17) is 4.74 Å². The molecule has 18 heteroatoms. The highest BCUT2D eigenvalue weighted by atomic mass is 32.2. The Kier molecular flexibility index (Phi) is 12.8. The van der Waals surface area contributed by atoms with E-state index in [9.17, 15) is 27.5 Å². The minimum absolute atomic E-state index is 0.0223. The fourth-order valence-corrected chi connectivity index (χ4v) is 12.7. The van der Waals surface area contributed by atoms with Crippen molar-refractivity contribution in [1.82, 2.24) is 24.6 Å². The van der Waals surface area contributed by atoms with E-state index >= 15 is 0 Å². The fraction of sp³-hybridized carbons (Fsp3) is 0.479. The molecule has 3 N–H and O–H groups in total. The van der Waals surface area contributed by atoms with Crippen LogP contribution in [0, 0.1) is 21.4 Å². The third-order valence-corrected chi connectivity index (χ3v) is 16.4. The van der Waals surface area contributed by atoms with Gasteiger partial charge in [0.2, 0.25) is 5.82 Å². The van der Waals surface area contributed by atoms with Crippen LogP contribution in [0.2, 0.25) is 0 Å². The summed E-state index contributed by atoms with van der Waals surface area (Å²) in [4.78, 5) is 41.6. The lowest BCUT2D eigenvalue weighted by atomic mass is 9.59. The van der Waals surface area contributed by atoms with Crippen LogP contribution in [0.25, 0.3) is 11.0 Å². The van der Waals surface area contributed by atoms with Crippen molar-refractivity contribution in [3.8, 4) is 11.5 Å². The van der Waals surface area contributed by atoms with Crippen molar-refractivity contribution in [3.63, 3.8) is 0 Å². The zero-order chi connectivity index (χ0) is 46.2. The molecule has 3 aromatic heterocycles. The molecule has 0 unspecified atom stereocenters. The van der Waals surface area contributed by atoms with Gasteiger partial charge in [-0.2, -0.15) is 0 Å². The average molecular weight is 938 g/mol. The fourth-order valence-electron chi connectivity index (χ4n) is 10.8. The molecule has 350 valence electrons. The molecule has 4 fully saturated rings. The van der Waals surface area contributed by atoms with Crippen LogP contribution in [0.4, 0.5) is 17.2 Å². The Labute approximate surface area is 386 Å². The van der Waals surface area contributed by atoms with Gasteiger partial charge in [-0.1, -0.05) is 31.2 Å². The molecule has 66 heavy (non-hydrogen) atoms. The van der Waals surface area contributed by atoms with Gasteiger partial charge in [0.05, 0.1) is 28.9 Å². The van der Waals surface area contributed by atoms with E-state index in [1.54, 1.807) is 36.9 Å². The molecule has 1 atom stereocenters. The number of fused-ring (bicyclic) bond motifs is 1.